The van der Waals surface area contributed by atoms with Gasteiger partial charge in [-0.15, -0.1) is 0 Å². The number of rotatable bonds is 3. The molecule has 2 atom stereocenters. The molecule has 19 heavy (non-hydrogen) atoms. The SMILES string of the molecule is CC1(C)C(O)CC1Nc1cccc(-c2ccn[nH]2)c1. The number of aliphatic hydroxyl groups is 1. The number of aromatic amines is 1. The van der Waals surface area contributed by atoms with Gasteiger partial charge in [0.05, 0.1) is 11.8 Å². The van der Waals surface area contributed by atoms with Crippen LogP contribution in [-0.2, 0) is 0 Å². The fourth-order valence-corrected chi connectivity index (χ4v) is 2.54. The summed E-state index contributed by atoms with van der Waals surface area (Å²) < 4.78 is 0. The summed E-state index contributed by atoms with van der Waals surface area (Å²) in [6, 6.07) is 10.5. The predicted molar refractivity (Wildman–Crippen MR) is 75.8 cm³/mol. The van der Waals surface area contributed by atoms with Gasteiger partial charge in [-0.05, 0) is 24.6 Å². The summed E-state index contributed by atoms with van der Waals surface area (Å²) in [6.45, 7) is 4.19. The average Bonchev–Trinajstić information content (AvgIpc) is 2.93. The number of nitrogens with one attached hydrogen (secondary N) is 2. The van der Waals surface area contributed by atoms with Crippen molar-refractivity contribution in [2.45, 2.75) is 32.4 Å². The molecule has 100 valence electrons. The van der Waals surface area contributed by atoms with Crippen LogP contribution in [0.25, 0.3) is 11.3 Å². The molecule has 1 aliphatic carbocycles. The van der Waals surface area contributed by atoms with Crippen LogP contribution in [0, 0.1) is 5.41 Å². The lowest BCUT2D eigenvalue weighted by Gasteiger charge is -2.49. The number of aromatic nitrogens is 2. The molecule has 1 heterocycles. The Balaban J connectivity index is 1.78. The molecule has 4 heteroatoms. The van der Waals surface area contributed by atoms with E-state index in [9.17, 15) is 5.11 Å². The molecule has 1 aromatic heterocycles. The highest BCUT2D eigenvalue weighted by Gasteiger charge is 2.47. The Morgan fingerprint density at radius 3 is 2.84 bits per heavy atom. The number of aliphatic hydroxyl groups excluding tert-OH is 1. The van der Waals surface area contributed by atoms with E-state index < -0.39 is 0 Å². The molecular formula is C15H19N3O. The van der Waals surface area contributed by atoms with E-state index >= 15 is 0 Å². The Bertz CT molecular complexity index is 563. The van der Waals surface area contributed by atoms with Crippen LogP contribution in [0.1, 0.15) is 20.3 Å². The van der Waals surface area contributed by atoms with E-state index in [1.807, 2.05) is 12.1 Å². The van der Waals surface area contributed by atoms with Crippen LogP contribution >= 0.6 is 0 Å². The number of nitrogens with zero attached hydrogens (tertiary/aromatic N) is 1. The molecule has 1 fully saturated rings. The van der Waals surface area contributed by atoms with Crippen LogP contribution in [0.3, 0.4) is 0 Å². The van der Waals surface area contributed by atoms with Crippen LogP contribution in [0.5, 0.6) is 0 Å². The van der Waals surface area contributed by atoms with Gasteiger partial charge in [-0.3, -0.25) is 5.10 Å². The molecule has 0 aliphatic heterocycles. The molecule has 2 aromatic rings. The Hall–Kier alpha value is -1.81. The summed E-state index contributed by atoms with van der Waals surface area (Å²) in [5.74, 6) is 0. The minimum atomic E-state index is -0.208. The number of benzene rings is 1. The van der Waals surface area contributed by atoms with E-state index in [1.54, 1.807) is 6.20 Å². The maximum absolute atomic E-state index is 9.78. The minimum Gasteiger partial charge on any atom is -0.392 e. The molecule has 3 rings (SSSR count). The molecule has 1 aliphatic rings. The Kier molecular flexibility index (Phi) is 2.82. The van der Waals surface area contributed by atoms with Crippen molar-refractivity contribution in [1.29, 1.82) is 0 Å². The summed E-state index contributed by atoms with van der Waals surface area (Å²) in [5, 5.41) is 20.2. The molecule has 0 spiro atoms. The van der Waals surface area contributed by atoms with E-state index in [4.69, 9.17) is 0 Å². The van der Waals surface area contributed by atoms with E-state index in [0.717, 1.165) is 23.4 Å². The van der Waals surface area contributed by atoms with Crippen LogP contribution in [0.15, 0.2) is 36.5 Å². The van der Waals surface area contributed by atoms with E-state index in [0.29, 0.717) is 6.04 Å². The molecule has 0 amide bonds. The molecule has 1 saturated carbocycles. The van der Waals surface area contributed by atoms with Gasteiger partial charge >= 0.3 is 0 Å². The van der Waals surface area contributed by atoms with E-state index in [2.05, 4.69) is 47.6 Å². The van der Waals surface area contributed by atoms with Crippen molar-refractivity contribution < 1.29 is 5.11 Å². The van der Waals surface area contributed by atoms with Crippen LogP contribution < -0.4 is 5.32 Å². The zero-order valence-corrected chi connectivity index (χ0v) is 11.2. The first kappa shape index (κ1) is 12.2. The van der Waals surface area contributed by atoms with E-state index in [-0.39, 0.29) is 11.5 Å². The summed E-state index contributed by atoms with van der Waals surface area (Å²) in [4.78, 5) is 0. The van der Waals surface area contributed by atoms with Crippen LogP contribution in [0.4, 0.5) is 5.69 Å². The Labute approximate surface area is 112 Å². The first-order valence-electron chi connectivity index (χ1n) is 6.62. The fourth-order valence-electron chi connectivity index (χ4n) is 2.54. The summed E-state index contributed by atoms with van der Waals surface area (Å²) in [5.41, 5.74) is 3.14. The minimum absolute atomic E-state index is 0.0655. The van der Waals surface area contributed by atoms with Gasteiger partial charge in [0.1, 0.15) is 0 Å². The molecule has 4 nitrogen and oxygen atoms in total. The van der Waals surface area contributed by atoms with Crippen molar-refractivity contribution in [3.63, 3.8) is 0 Å². The third-order valence-corrected chi connectivity index (χ3v) is 4.23. The van der Waals surface area contributed by atoms with E-state index in [1.165, 1.54) is 0 Å². The Morgan fingerprint density at radius 1 is 1.37 bits per heavy atom. The van der Waals surface area contributed by atoms with Crippen molar-refractivity contribution in [1.82, 2.24) is 10.2 Å². The standard InChI is InChI=1S/C15H19N3O/c1-15(2)13(9-14(15)19)17-11-5-3-4-10(8-11)12-6-7-16-18-12/h3-8,13-14,17,19H,9H2,1-2H3,(H,16,18). The van der Waals surface area contributed by atoms with Crippen molar-refractivity contribution in [2.75, 3.05) is 5.32 Å². The zero-order valence-electron chi connectivity index (χ0n) is 11.2. The number of H-pyrrole nitrogens is 1. The molecule has 0 radical (unpaired) electrons. The molecule has 1 aromatic carbocycles. The van der Waals surface area contributed by atoms with Gasteiger partial charge < -0.3 is 10.4 Å². The highest BCUT2D eigenvalue weighted by molar-refractivity contribution is 5.65. The van der Waals surface area contributed by atoms with Gasteiger partial charge in [0.25, 0.3) is 0 Å². The summed E-state index contributed by atoms with van der Waals surface area (Å²) in [7, 11) is 0. The van der Waals surface area contributed by atoms with Crippen molar-refractivity contribution >= 4 is 5.69 Å². The first-order chi connectivity index (χ1) is 9.07. The fraction of sp³-hybridized carbons (Fsp3) is 0.400. The highest BCUT2D eigenvalue weighted by Crippen LogP contribution is 2.42. The smallest absolute Gasteiger partial charge is 0.0650 e. The summed E-state index contributed by atoms with van der Waals surface area (Å²) in [6.07, 6.45) is 2.35. The second-order valence-corrected chi connectivity index (χ2v) is 5.82. The molecule has 3 N–H and O–H groups in total. The van der Waals surface area contributed by atoms with Crippen LogP contribution in [0.2, 0.25) is 0 Å². The summed E-state index contributed by atoms with van der Waals surface area (Å²) >= 11 is 0. The maximum Gasteiger partial charge on any atom is 0.0650 e. The molecule has 2 unspecified atom stereocenters. The normalized spacial score (nSPS) is 24.8. The van der Waals surface area contributed by atoms with Gasteiger partial charge in [0.2, 0.25) is 0 Å². The highest BCUT2D eigenvalue weighted by atomic mass is 16.3. The van der Waals surface area contributed by atoms with Crippen molar-refractivity contribution in [3.05, 3.63) is 36.5 Å². The third-order valence-electron chi connectivity index (χ3n) is 4.23. The lowest BCUT2D eigenvalue weighted by molar-refractivity contribution is -0.0510. The quantitative estimate of drug-likeness (QED) is 0.792. The largest absolute Gasteiger partial charge is 0.392 e. The second-order valence-electron chi connectivity index (χ2n) is 5.82. The predicted octanol–water partition coefficient (Wildman–Crippen LogP) is 2.65. The Morgan fingerprint density at radius 2 is 2.21 bits per heavy atom. The monoisotopic (exact) mass is 257 g/mol. The number of anilines is 1. The topological polar surface area (TPSA) is 60.9 Å². The molecule has 0 bridgehead atoms. The van der Waals surface area contributed by atoms with Gasteiger partial charge in [-0.2, -0.15) is 5.10 Å². The number of hydrogen-bond acceptors (Lipinski definition) is 3. The van der Waals surface area contributed by atoms with Crippen molar-refractivity contribution in [2.24, 2.45) is 5.41 Å². The maximum atomic E-state index is 9.78. The van der Waals surface area contributed by atoms with Gasteiger partial charge in [0.15, 0.2) is 0 Å². The second kappa shape index (κ2) is 4.38. The lowest BCUT2D eigenvalue weighted by atomic mass is 9.64. The molecular weight excluding hydrogens is 238 g/mol. The first-order valence-corrected chi connectivity index (χ1v) is 6.62. The molecule has 0 saturated heterocycles. The lowest BCUT2D eigenvalue weighted by Crippen LogP contribution is -2.56. The van der Waals surface area contributed by atoms with Crippen molar-refractivity contribution in [3.8, 4) is 11.3 Å². The van der Waals surface area contributed by atoms with Gasteiger partial charge in [-0.25, -0.2) is 0 Å². The average molecular weight is 257 g/mol. The number of hydrogen-bond donors (Lipinski definition) is 3. The third kappa shape index (κ3) is 2.12. The zero-order chi connectivity index (χ0) is 13.5. The van der Waals surface area contributed by atoms with Crippen LogP contribution in [-0.4, -0.2) is 27.4 Å². The van der Waals surface area contributed by atoms with Gasteiger partial charge in [-0.1, -0.05) is 26.0 Å². The van der Waals surface area contributed by atoms with Gasteiger partial charge in [0, 0.05) is 28.9 Å².